The van der Waals surface area contributed by atoms with Gasteiger partial charge in [-0.3, -0.25) is 0 Å². The lowest BCUT2D eigenvalue weighted by Gasteiger charge is -2.00. The van der Waals surface area contributed by atoms with Crippen LogP contribution in [-0.4, -0.2) is 34.1 Å². The summed E-state index contributed by atoms with van der Waals surface area (Å²) in [5, 5.41) is 26.6. The molecule has 0 rings (SSSR count). The Balaban J connectivity index is 4.17. The second kappa shape index (κ2) is 5.94. The average molecular weight is 172 g/mol. The summed E-state index contributed by atoms with van der Waals surface area (Å²) in [4.78, 5) is 0. The van der Waals surface area contributed by atoms with Crippen molar-refractivity contribution in [3.63, 3.8) is 0 Å². The molecule has 0 saturated heterocycles. The molecule has 12 heavy (non-hydrogen) atoms. The molecule has 0 bridgehead atoms. The standard InChI is InChI=1S/C9H16O3/c1-7(11)3-4-9(6-10)5-8(2)12/h3-5,7-8,10-12H,6H2,1-2H3/b4-3+,9-5-/t7-,8-/m0/s1. The highest BCUT2D eigenvalue weighted by Gasteiger charge is 1.94. The van der Waals surface area contributed by atoms with Crippen LogP contribution in [-0.2, 0) is 0 Å². The molecule has 0 heterocycles. The van der Waals surface area contributed by atoms with Crippen molar-refractivity contribution in [2.24, 2.45) is 0 Å². The number of hydrogen-bond acceptors (Lipinski definition) is 3. The average Bonchev–Trinajstić information content (AvgIpc) is 1.97. The van der Waals surface area contributed by atoms with E-state index in [-0.39, 0.29) is 6.61 Å². The third kappa shape index (κ3) is 6.09. The lowest BCUT2D eigenvalue weighted by molar-refractivity contribution is 0.239. The summed E-state index contributed by atoms with van der Waals surface area (Å²) in [7, 11) is 0. The molecule has 2 atom stereocenters. The van der Waals surface area contributed by atoms with Crippen molar-refractivity contribution in [3.8, 4) is 0 Å². The van der Waals surface area contributed by atoms with Gasteiger partial charge in [0.15, 0.2) is 0 Å². The minimum absolute atomic E-state index is 0.131. The smallest absolute Gasteiger partial charge is 0.0699 e. The van der Waals surface area contributed by atoms with Crippen LogP contribution in [0, 0.1) is 0 Å². The maximum atomic E-state index is 8.94. The first-order valence-corrected chi connectivity index (χ1v) is 3.92. The van der Waals surface area contributed by atoms with Crippen LogP contribution < -0.4 is 0 Å². The predicted molar refractivity (Wildman–Crippen MR) is 47.7 cm³/mol. The highest BCUT2D eigenvalue weighted by atomic mass is 16.3. The van der Waals surface area contributed by atoms with Crippen LogP contribution in [0.5, 0.6) is 0 Å². The molecule has 0 unspecified atom stereocenters. The monoisotopic (exact) mass is 172 g/mol. The molecule has 0 amide bonds. The van der Waals surface area contributed by atoms with Crippen LogP contribution in [0.25, 0.3) is 0 Å². The van der Waals surface area contributed by atoms with Gasteiger partial charge < -0.3 is 15.3 Å². The number of rotatable bonds is 4. The van der Waals surface area contributed by atoms with Gasteiger partial charge in [-0.05, 0) is 19.4 Å². The van der Waals surface area contributed by atoms with Gasteiger partial charge in [0.1, 0.15) is 0 Å². The van der Waals surface area contributed by atoms with E-state index in [2.05, 4.69) is 0 Å². The molecular weight excluding hydrogens is 156 g/mol. The Bertz CT molecular complexity index is 169. The second-order valence-corrected chi connectivity index (χ2v) is 2.74. The second-order valence-electron chi connectivity index (χ2n) is 2.74. The maximum absolute atomic E-state index is 8.94. The zero-order valence-corrected chi connectivity index (χ0v) is 7.44. The Morgan fingerprint density at radius 3 is 2.17 bits per heavy atom. The Labute approximate surface area is 72.7 Å². The normalized spacial score (nSPS) is 18.2. The van der Waals surface area contributed by atoms with Crippen LogP contribution in [0.1, 0.15) is 13.8 Å². The molecule has 0 aliphatic heterocycles. The van der Waals surface area contributed by atoms with Crippen LogP contribution in [0.4, 0.5) is 0 Å². The Hall–Kier alpha value is -0.640. The lowest BCUT2D eigenvalue weighted by atomic mass is 10.2. The van der Waals surface area contributed by atoms with Crippen molar-refractivity contribution < 1.29 is 15.3 Å². The molecule has 3 heteroatoms. The van der Waals surface area contributed by atoms with Crippen molar-refractivity contribution >= 4 is 0 Å². The number of aliphatic hydroxyl groups excluding tert-OH is 3. The fourth-order valence-corrected chi connectivity index (χ4v) is 0.734. The summed E-state index contributed by atoms with van der Waals surface area (Å²) < 4.78 is 0. The highest BCUT2D eigenvalue weighted by molar-refractivity contribution is 5.20. The van der Waals surface area contributed by atoms with E-state index in [0.29, 0.717) is 5.57 Å². The highest BCUT2D eigenvalue weighted by Crippen LogP contribution is 1.99. The van der Waals surface area contributed by atoms with E-state index in [1.54, 1.807) is 26.0 Å². The van der Waals surface area contributed by atoms with E-state index in [4.69, 9.17) is 15.3 Å². The Kier molecular flexibility index (Phi) is 5.62. The summed E-state index contributed by atoms with van der Waals surface area (Å²) in [6.07, 6.45) is 3.56. The SMILES string of the molecule is C[C@H](O)/C=C(/C=C/[C@H](C)O)CO. The van der Waals surface area contributed by atoms with E-state index in [1.165, 1.54) is 6.08 Å². The molecule has 0 aromatic heterocycles. The minimum Gasteiger partial charge on any atom is -0.392 e. The van der Waals surface area contributed by atoms with Crippen molar-refractivity contribution in [2.75, 3.05) is 6.61 Å². The Morgan fingerprint density at radius 1 is 1.25 bits per heavy atom. The first kappa shape index (κ1) is 11.4. The van der Waals surface area contributed by atoms with Gasteiger partial charge >= 0.3 is 0 Å². The molecule has 70 valence electrons. The minimum atomic E-state index is -0.578. The molecule has 3 N–H and O–H groups in total. The van der Waals surface area contributed by atoms with E-state index in [9.17, 15) is 0 Å². The van der Waals surface area contributed by atoms with Crippen LogP contribution in [0.3, 0.4) is 0 Å². The largest absolute Gasteiger partial charge is 0.392 e. The van der Waals surface area contributed by atoms with Gasteiger partial charge in [-0.15, -0.1) is 0 Å². The van der Waals surface area contributed by atoms with Crippen LogP contribution in [0.15, 0.2) is 23.8 Å². The molecule has 0 radical (unpaired) electrons. The van der Waals surface area contributed by atoms with Crippen LogP contribution in [0.2, 0.25) is 0 Å². The van der Waals surface area contributed by atoms with Gasteiger partial charge in [-0.25, -0.2) is 0 Å². The van der Waals surface area contributed by atoms with Gasteiger partial charge in [0.2, 0.25) is 0 Å². The number of hydrogen-bond donors (Lipinski definition) is 3. The van der Waals surface area contributed by atoms with Crippen LogP contribution >= 0.6 is 0 Å². The molecule has 0 aromatic rings. The van der Waals surface area contributed by atoms with Gasteiger partial charge in [0, 0.05) is 0 Å². The molecule has 0 fully saturated rings. The third-order valence-electron chi connectivity index (χ3n) is 1.23. The molecule has 0 aromatic carbocycles. The molecule has 0 aliphatic carbocycles. The molecular formula is C9H16O3. The predicted octanol–water partition coefficient (Wildman–Crippen LogP) is 0.223. The fraction of sp³-hybridized carbons (Fsp3) is 0.556. The summed E-state index contributed by atoms with van der Waals surface area (Å²) in [6, 6.07) is 0. The molecule has 0 aliphatic rings. The van der Waals surface area contributed by atoms with E-state index >= 15 is 0 Å². The van der Waals surface area contributed by atoms with Gasteiger partial charge in [0.25, 0.3) is 0 Å². The molecule has 0 saturated carbocycles. The van der Waals surface area contributed by atoms with Gasteiger partial charge in [-0.1, -0.05) is 18.2 Å². The van der Waals surface area contributed by atoms with Crippen molar-refractivity contribution in [2.45, 2.75) is 26.1 Å². The third-order valence-corrected chi connectivity index (χ3v) is 1.23. The maximum Gasteiger partial charge on any atom is 0.0699 e. The fourth-order valence-electron chi connectivity index (χ4n) is 0.734. The first-order valence-electron chi connectivity index (χ1n) is 3.92. The summed E-state index contributed by atoms with van der Waals surface area (Å²) in [5.41, 5.74) is 0.603. The zero-order valence-electron chi connectivity index (χ0n) is 7.44. The molecule has 0 spiro atoms. The quantitative estimate of drug-likeness (QED) is 0.532. The van der Waals surface area contributed by atoms with Crippen molar-refractivity contribution in [3.05, 3.63) is 23.8 Å². The van der Waals surface area contributed by atoms with Crippen molar-refractivity contribution in [1.82, 2.24) is 0 Å². The van der Waals surface area contributed by atoms with Gasteiger partial charge in [0.05, 0.1) is 18.8 Å². The summed E-state index contributed by atoms with van der Waals surface area (Å²) in [6.45, 7) is 3.09. The van der Waals surface area contributed by atoms with E-state index in [0.717, 1.165) is 0 Å². The lowest BCUT2D eigenvalue weighted by Crippen LogP contribution is -1.99. The van der Waals surface area contributed by atoms with E-state index in [1.807, 2.05) is 0 Å². The summed E-state index contributed by atoms with van der Waals surface area (Å²) >= 11 is 0. The zero-order chi connectivity index (χ0) is 9.56. The first-order chi connectivity index (χ1) is 5.56. The van der Waals surface area contributed by atoms with Crippen molar-refractivity contribution in [1.29, 1.82) is 0 Å². The Morgan fingerprint density at radius 2 is 1.83 bits per heavy atom. The topological polar surface area (TPSA) is 60.7 Å². The number of aliphatic hydroxyl groups is 3. The summed E-state index contributed by atoms with van der Waals surface area (Å²) in [5.74, 6) is 0. The molecule has 3 nitrogen and oxygen atoms in total. The van der Waals surface area contributed by atoms with Gasteiger partial charge in [-0.2, -0.15) is 0 Å². The van der Waals surface area contributed by atoms with E-state index < -0.39 is 12.2 Å².